The average Bonchev–Trinajstić information content (AvgIpc) is 2.34. The summed E-state index contributed by atoms with van der Waals surface area (Å²) in [6.07, 6.45) is 4.35. The lowest BCUT2D eigenvalue weighted by atomic mass is 10.3. The van der Waals surface area contributed by atoms with Crippen molar-refractivity contribution < 1.29 is 8.42 Å². The van der Waals surface area contributed by atoms with E-state index in [0.717, 1.165) is 25.7 Å². The molecule has 0 spiro atoms. The van der Waals surface area contributed by atoms with Crippen LogP contribution in [-0.4, -0.2) is 20.2 Å². The van der Waals surface area contributed by atoms with Gasteiger partial charge < -0.3 is 0 Å². The number of nitrogens with one attached hydrogen (secondary N) is 1. The molecule has 0 aromatic carbocycles. The Morgan fingerprint density at radius 3 is 2.31 bits per heavy atom. The lowest BCUT2D eigenvalue weighted by Crippen LogP contribution is -2.35. The van der Waals surface area contributed by atoms with E-state index in [-0.39, 0.29) is 17.7 Å². The zero-order valence-electron chi connectivity index (χ0n) is 8.41. The summed E-state index contributed by atoms with van der Waals surface area (Å²) in [7, 11) is -3.01. The SMILES string of the molecule is CC(C)CS(=O)(=O)NC1CCCC1. The highest BCUT2D eigenvalue weighted by Crippen LogP contribution is 2.18. The van der Waals surface area contributed by atoms with E-state index in [1.807, 2.05) is 13.8 Å². The Kier molecular flexibility index (Phi) is 3.74. The highest BCUT2D eigenvalue weighted by atomic mass is 32.2. The molecular formula is C9H19NO2S. The molecule has 4 heteroatoms. The van der Waals surface area contributed by atoms with Gasteiger partial charge in [0.25, 0.3) is 0 Å². The fourth-order valence-electron chi connectivity index (χ4n) is 1.78. The third kappa shape index (κ3) is 4.09. The summed E-state index contributed by atoms with van der Waals surface area (Å²) in [5.74, 6) is 0.461. The van der Waals surface area contributed by atoms with Gasteiger partial charge in [0, 0.05) is 6.04 Å². The summed E-state index contributed by atoms with van der Waals surface area (Å²) in [6.45, 7) is 3.85. The molecule has 0 amide bonds. The molecule has 3 nitrogen and oxygen atoms in total. The molecular weight excluding hydrogens is 186 g/mol. The topological polar surface area (TPSA) is 46.2 Å². The molecule has 1 aliphatic carbocycles. The molecule has 1 fully saturated rings. The van der Waals surface area contributed by atoms with Crippen molar-refractivity contribution in [2.24, 2.45) is 5.92 Å². The third-order valence-corrected chi connectivity index (χ3v) is 4.05. The molecule has 78 valence electrons. The van der Waals surface area contributed by atoms with Crippen LogP contribution in [0.1, 0.15) is 39.5 Å². The van der Waals surface area contributed by atoms with Gasteiger partial charge in [-0.05, 0) is 18.8 Å². The second-order valence-electron chi connectivity index (χ2n) is 4.27. The van der Waals surface area contributed by atoms with Crippen LogP contribution in [-0.2, 0) is 10.0 Å². The van der Waals surface area contributed by atoms with Crippen LogP contribution in [0, 0.1) is 5.92 Å². The molecule has 0 aliphatic heterocycles. The van der Waals surface area contributed by atoms with E-state index in [1.165, 1.54) is 0 Å². The Morgan fingerprint density at radius 1 is 1.31 bits per heavy atom. The maximum atomic E-state index is 11.5. The average molecular weight is 205 g/mol. The maximum Gasteiger partial charge on any atom is 0.212 e. The van der Waals surface area contributed by atoms with Crippen LogP contribution in [0.2, 0.25) is 0 Å². The van der Waals surface area contributed by atoms with Crippen LogP contribution in [0.15, 0.2) is 0 Å². The normalized spacial score (nSPS) is 19.9. The molecule has 0 saturated heterocycles. The Morgan fingerprint density at radius 2 is 1.85 bits per heavy atom. The van der Waals surface area contributed by atoms with Crippen molar-refractivity contribution in [3.8, 4) is 0 Å². The first-order valence-corrected chi connectivity index (χ1v) is 6.65. The Balaban J connectivity index is 2.41. The summed E-state index contributed by atoms with van der Waals surface area (Å²) in [5, 5.41) is 0. The first-order valence-electron chi connectivity index (χ1n) is 4.99. The summed E-state index contributed by atoms with van der Waals surface area (Å²) in [5.41, 5.74) is 0. The molecule has 1 N–H and O–H groups in total. The predicted molar refractivity (Wildman–Crippen MR) is 54.0 cm³/mol. The van der Waals surface area contributed by atoms with Gasteiger partial charge in [-0.25, -0.2) is 13.1 Å². The van der Waals surface area contributed by atoms with Gasteiger partial charge in [0.2, 0.25) is 10.0 Å². The van der Waals surface area contributed by atoms with Crippen LogP contribution in [0.5, 0.6) is 0 Å². The minimum atomic E-state index is -3.01. The largest absolute Gasteiger partial charge is 0.212 e. The van der Waals surface area contributed by atoms with Gasteiger partial charge in [-0.1, -0.05) is 26.7 Å². The quantitative estimate of drug-likeness (QED) is 0.756. The van der Waals surface area contributed by atoms with E-state index >= 15 is 0 Å². The number of sulfonamides is 1. The number of hydrogen-bond donors (Lipinski definition) is 1. The lowest BCUT2D eigenvalue weighted by Gasteiger charge is -2.13. The second-order valence-corrected chi connectivity index (χ2v) is 6.07. The van der Waals surface area contributed by atoms with Gasteiger partial charge in [-0.15, -0.1) is 0 Å². The minimum absolute atomic E-state index is 0.207. The second kappa shape index (κ2) is 4.42. The summed E-state index contributed by atoms with van der Waals surface area (Å²) in [6, 6.07) is 0.212. The molecule has 0 radical (unpaired) electrons. The Labute approximate surface area is 81.0 Å². The summed E-state index contributed by atoms with van der Waals surface area (Å²) in [4.78, 5) is 0. The van der Waals surface area contributed by atoms with Gasteiger partial charge in [0.15, 0.2) is 0 Å². The van der Waals surface area contributed by atoms with Gasteiger partial charge in [0.1, 0.15) is 0 Å². The molecule has 1 rings (SSSR count). The standard InChI is InChI=1S/C9H19NO2S/c1-8(2)7-13(11,12)10-9-5-3-4-6-9/h8-10H,3-7H2,1-2H3. The van der Waals surface area contributed by atoms with E-state index in [0.29, 0.717) is 0 Å². The summed E-state index contributed by atoms with van der Waals surface area (Å²) < 4.78 is 25.7. The van der Waals surface area contributed by atoms with Crippen molar-refractivity contribution in [2.45, 2.75) is 45.6 Å². The zero-order chi connectivity index (χ0) is 9.90. The van der Waals surface area contributed by atoms with E-state index in [4.69, 9.17) is 0 Å². The Hall–Kier alpha value is -0.0900. The van der Waals surface area contributed by atoms with E-state index < -0.39 is 10.0 Å². The van der Waals surface area contributed by atoms with Crippen molar-refractivity contribution in [1.82, 2.24) is 4.72 Å². The highest BCUT2D eigenvalue weighted by molar-refractivity contribution is 7.89. The third-order valence-electron chi connectivity index (χ3n) is 2.25. The fourth-order valence-corrected chi connectivity index (χ4v) is 3.50. The molecule has 1 aliphatic rings. The van der Waals surface area contributed by atoms with Crippen molar-refractivity contribution in [2.75, 3.05) is 5.75 Å². The molecule has 0 unspecified atom stereocenters. The van der Waals surface area contributed by atoms with Gasteiger partial charge in [-0.2, -0.15) is 0 Å². The van der Waals surface area contributed by atoms with Crippen molar-refractivity contribution in [3.05, 3.63) is 0 Å². The predicted octanol–water partition coefficient (Wildman–Crippen LogP) is 1.50. The monoisotopic (exact) mass is 205 g/mol. The minimum Gasteiger partial charge on any atom is -0.212 e. The van der Waals surface area contributed by atoms with Crippen LogP contribution in [0.3, 0.4) is 0 Å². The molecule has 1 saturated carbocycles. The van der Waals surface area contributed by atoms with Gasteiger partial charge >= 0.3 is 0 Å². The molecule has 0 bridgehead atoms. The molecule has 0 aromatic rings. The first-order chi connectivity index (χ1) is 5.99. The van der Waals surface area contributed by atoms with Crippen LogP contribution in [0.4, 0.5) is 0 Å². The molecule has 0 atom stereocenters. The summed E-state index contributed by atoms with van der Waals surface area (Å²) >= 11 is 0. The van der Waals surface area contributed by atoms with E-state index in [9.17, 15) is 8.42 Å². The highest BCUT2D eigenvalue weighted by Gasteiger charge is 2.21. The molecule has 0 aromatic heterocycles. The van der Waals surface area contributed by atoms with Crippen LogP contribution in [0.25, 0.3) is 0 Å². The first kappa shape index (κ1) is 11.0. The molecule has 0 heterocycles. The van der Waals surface area contributed by atoms with Crippen molar-refractivity contribution >= 4 is 10.0 Å². The van der Waals surface area contributed by atoms with Crippen LogP contribution >= 0.6 is 0 Å². The van der Waals surface area contributed by atoms with E-state index in [2.05, 4.69) is 4.72 Å². The Bertz CT molecular complexity index is 240. The smallest absolute Gasteiger partial charge is 0.212 e. The van der Waals surface area contributed by atoms with Gasteiger partial charge in [0.05, 0.1) is 5.75 Å². The van der Waals surface area contributed by atoms with Gasteiger partial charge in [-0.3, -0.25) is 0 Å². The fraction of sp³-hybridized carbons (Fsp3) is 1.00. The zero-order valence-corrected chi connectivity index (χ0v) is 9.23. The lowest BCUT2D eigenvalue weighted by molar-refractivity contribution is 0.542. The maximum absolute atomic E-state index is 11.5. The van der Waals surface area contributed by atoms with Crippen LogP contribution < -0.4 is 4.72 Å². The number of rotatable bonds is 4. The van der Waals surface area contributed by atoms with E-state index in [1.54, 1.807) is 0 Å². The number of hydrogen-bond acceptors (Lipinski definition) is 2. The van der Waals surface area contributed by atoms with Crippen molar-refractivity contribution in [3.63, 3.8) is 0 Å². The molecule has 13 heavy (non-hydrogen) atoms. The van der Waals surface area contributed by atoms with Crippen molar-refractivity contribution in [1.29, 1.82) is 0 Å².